The van der Waals surface area contributed by atoms with Crippen LogP contribution in [0.1, 0.15) is 27.8 Å². The Balaban J connectivity index is 1.77. The van der Waals surface area contributed by atoms with Gasteiger partial charge in [-0.05, 0) is 12.1 Å². The molecule has 0 spiro atoms. The molecule has 0 aliphatic carbocycles. The van der Waals surface area contributed by atoms with Gasteiger partial charge in [0.15, 0.2) is 0 Å². The molecule has 1 unspecified atom stereocenters. The molecule has 0 saturated carbocycles. The fraction of sp³-hybridized carbons (Fsp3) is 0.143. The fourth-order valence-corrected chi connectivity index (χ4v) is 3.38. The number of benzene rings is 2. The average Bonchev–Trinajstić information content (AvgIpc) is 3.24. The number of aromatic nitrogens is 3. The summed E-state index contributed by atoms with van der Waals surface area (Å²) in [6, 6.07) is 13.4. The number of carbonyl (C=O) groups excluding carboxylic acids is 1. The van der Waals surface area contributed by atoms with Crippen molar-refractivity contribution < 1.29 is 9.18 Å². The van der Waals surface area contributed by atoms with Crippen molar-refractivity contribution >= 4 is 16.8 Å². The SMILES string of the molecule is Cn1ccnc1C(NC(=O)c1cn(C)c2ccccc12)c1ccccc1F. The minimum atomic E-state index is -0.697. The van der Waals surface area contributed by atoms with Gasteiger partial charge in [0.25, 0.3) is 5.91 Å². The van der Waals surface area contributed by atoms with Gasteiger partial charge < -0.3 is 14.5 Å². The Kier molecular flexibility index (Phi) is 4.24. The highest BCUT2D eigenvalue weighted by molar-refractivity contribution is 6.07. The van der Waals surface area contributed by atoms with Crippen LogP contribution in [0, 0.1) is 5.82 Å². The van der Waals surface area contributed by atoms with Crippen molar-refractivity contribution in [1.82, 2.24) is 19.4 Å². The van der Waals surface area contributed by atoms with Gasteiger partial charge in [-0.25, -0.2) is 9.37 Å². The second kappa shape index (κ2) is 6.72. The minimum absolute atomic E-state index is 0.275. The molecule has 0 radical (unpaired) electrons. The summed E-state index contributed by atoms with van der Waals surface area (Å²) in [5.41, 5.74) is 1.88. The van der Waals surface area contributed by atoms with Gasteiger partial charge >= 0.3 is 0 Å². The van der Waals surface area contributed by atoms with E-state index in [4.69, 9.17) is 0 Å². The van der Waals surface area contributed by atoms with Crippen molar-refractivity contribution in [2.45, 2.75) is 6.04 Å². The number of para-hydroxylation sites is 1. The highest BCUT2D eigenvalue weighted by atomic mass is 19.1. The van der Waals surface area contributed by atoms with Gasteiger partial charge in [0.2, 0.25) is 0 Å². The summed E-state index contributed by atoms with van der Waals surface area (Å²) in [5.74, 6) is -0.0968. The zero-order valence-electron chi connectivity index (χ0n) is 15.1. The second-order valence-corrected chi connectivity index (χ2v) is 6.50. The van der Waals surface area contributed by atoms with Gasteiger partial charge in [0.05, 0.1) is 5.56 Å². The summed E-state index contributed by atoms with van der Waals surface area (Å²) in [5, 5.41) is 3.82. The molecule has 4 aromatic rings. The molecule has 0 aliphatic rings. The van der Waals surface area contributed by atoms with Crippen LogP contribution in [-0.2, 0) is 14.1 Å². The minimum Gasteiger partial charge on any atom is -0.350 e. The Morgan fingerprint density at radius 1 is 1.07 bits per heavy atom. The van der Waals surface area contributed by atoms with Crippen LogP contribution < -0.4 is 5.32 Å². The first kappa shape index (κ1) is 17.0. The molecular weight excluding hydrogens is 343 g/mol. The monoisotopic (exact) mass is 362 g/mol. The second-order valence-electron chi connectivity index (χ2n) is 6.50. The number of nitrogens with zero attached hydrogens (tertiary/aromatic N) is 3. The van der Waals surface area contributed by atoms with E-state index in [0.717, 1.165) is 10.9 Å². The van der Waals surface area contributed by atoms with Crippen LogP contribution in [0.25, 0.3) is 10.9 Å². The lowest BCUT2D eigenvalue weighted by molar-refractivity contribution is 0.0942. The number of aryl methyl sites for hydroxylation is 2. The molecule has 2 aromatic heterocycles. The summed E-state index contributed by atoms with van der Waals surface area (Å²) in [6.07, 6.45) is 5.19. The number of fused-ring (bicyclic) bond motifs is 1. The first-order valence-corrected chi connectivity index (χ1v) is 8.63. The average molecular weight is 362 g/mol. The van der Waals surface area contributed by atoms with Gasteiger partial charge in [0, 0.05) is 49.2 Å². The highest BCUT2D eigenvalue weighted by Crippen LogP contribution is 2.25. The topological polar surface area (TPSA) is 51.9 Å². The summed E-state index contributed by atoms with van der Waals surface area (Å²) in [6.45, 7) is 0. The van der Waals surface area contributed by atoms with Crippen LogP contribution in [0.3, 0.4) is 0 Å². The van der Waals surface area contributed by atoms with Gasteiger partial charge in [-0.3, -0.25) is 4.79 Å². The lowest BCUT2D eigenvalue weighted by Gasteiger charge is -2.19. The Morgan fingerprint density at radius 2 is 1.81 bits per heavy atom. The predicted octanol–water partition coefficient (Wildman–Crippen LogP) is 3.57. The van der Waals surface area contributed by atoms with E-state index in [1.807, 2.05) is 42.9 Å². The normalized spacial score (nSPS) is 12.3. The van der Waals surface area contributed by atoms with Crippen LogP contribution in [0.15, 0.2) is 67.1 Å². The molecule has 136 valence electrons. The number of nitrogens with one attached hydrogen (secondary N) is 1. The maximum Gasteiger partial charge on any atom is 0.254 e. The third-order valence-electron chi connectivity index (χ3n) is 4.75. The van der Waals surface area contributed by atoms with Crippen molar-refractivity contribution in [3.05, 3.63) is 89.9 Å². The molecule has 2 aromatic carbocycles. The lowest BCUT2D eigenvalue weighted by atomic mass is 10.0. The predicted molar refractivity (Wildman–Crippen MR) is 102 cm³/mol. The molecule has 0 fully saturated rings. The Labute approximate surface area is 156 Å². The molecule has 1 atom stereocenters. The van der Waals surface area contributed by atoms with E-state index in [9.17, 15) is 9.18 Å². The van der Waals surface area contributed by atoms with Crippen LogP contribution in [0.4, 0.5) is 4.39 Å². The third-order valence-corrected chi connectivity index (χ3v) is 4.75. The number of hydrogen-bond donors (Lipinski definition) is 1. The number of halogens is 1. The molecule has 2 heterocycles. The van der Waals surface area contributed by atoms with E-state index in [0.29, 0.717) is 17.0 Å². The Morgan fingerprint density at radius 3 is 2.56 bits per heavy atom. The Bertz CT molecular complexity index is 1130. The first-order valence-electron chi connectivity index (χ1n) is 8.63. The van der Waals surface area contributed by atoms with E-state index < -0.39 is 6.04 Å². The van der Waals surface area contributed by atoms with Gasteiger partial charge in [-0.15, -0.1) is 0 Å². The molecule has 1 N–H and O–H groups in total. The summed E-state index contributed by atoms with van der Waals surface area (Å²) in [4.78, 5) is 17.4. The first-order chi connectivity index (χ1) is 13.1. The van der Waals surface area contributed by atoms with E-state index in [1.165, 1.54) is 6.07 Å². The van der Waals surface area contributed by atoms with Crippen LogP contribution in [0.5, 0.6) is 0 Å². The van der Waals surface area contributed by atoms with E-state index in [1.54, 1.807) is 41.4 Å². The molecule has 0 bridgehead atoms. The maximum absolute atomic E-state index is 14.5. The molecular formula is C21H19FN4O. The molecule has 0 saturated heterocycles. The maximum atomic E-state index is 14.5. The number of amides is 1. The van der Waals surface area contributed by atoms with E-state index in [2.05, 4.69) is 10.3 Å². The van der Waals surface area contributed by atoms with Crippen molar-refractivity contribution in [2.24, 2.45) is 14.1 Å². The number of rotatable bonds is 4. The molecule has 5 nitrogen and oxygen atoms in total. The fourth-order valence-electron chi connectivity index (χ4n) is 3.38. The zero-order valence-corrected chi connectivity index (χ0v) is 15.1. The van der Waals surface area contributed by atoms with Crippen LogP contribution in [-0.4, -0.2) is 20.0 Å². The standard InChI is InChI=1S/C21H19FN4O/c1-25-12-11-23-20(25)19(15-8-3-5-9-17(15)22)24-21(27)16-13-26(2)18-10-6-4-7-14(16)18/h3-13,19H,1-2H3,(H,24,27). The van der Waals surface area contributed by atoms with Gasteiger partial charge in [-0.1, -0.05) is 36.4 Å². The van der Waals surface area contributed by atoms with E-state index >= 15 is 0 Å². The van der Waals surface area contributed by atoms with Crippen LogP contribution in [0.2, 0.25) is 0 Å². The van der Waals surface area contributed by atoms with Crippen molar-refractivity contribution in [3.63, 3.8) is 0 Å². The quantitative estimate of drug-likeness (QED) is 0.603. The van der Waals surface area contributed by atoms with Gasteiger partial charge in [-0.2, -0.15) is 0 Å². The summed E-state index contributed by atoms with van der Waals surface area (Å²) in [7, 11) is 3.71. The lowest BCUT2D eigenvalue weighted by Crippen LogP contribution is -2.31. The summed E-state index contributed by atoms with van der Waals surface area (Å²) >= 11 is 0. The Hall–Kier alpha value is -3.41. The molecule has 1 amide bonds. The molecule has 6 heteroatoms. The zero-order chi connectivity index (χ0) is 19.0. The molecule has 4 rings (SSSR count). The summed E-state index contributed by atoms with van der Waals surface area (Å²) < 4.78 is 18.2. The van der Waals surface area contributed by atoms with Gasteiger partial charge in [0.1, 0.15) is 17.7 Å². The third kappa shape index (κ3) is 2.99. The highest BCUT2D eigenvalue weighted by Gasteiger charge is 2.25. The largest absolute Gasteiger partial charge is 0.350 e. The van der Waals surface area contributed by atoms with Crippen molar-refractivity contribution in [3.8, 4) is 0 Å². The smallest absolute Gasteiger partial charge is 0.254 e. The molecule has 0 aliphatic heterocycles. The number of hydrogen-bond acceptors (Lipinski definition) is 2. The van der Waals surface area contributed by atoms with E-state index in [-0.39, 0.29) is 11.7 Å². The molecule has 27 heavy (non-hydrogen) atoms. The van der Waals surface area contributed by atoms with Crippen molar-refractivity contribution in [1.29, 1.82) is 0 Å². The number of carbonyl (C=O) groups is 1. The van der Waals surface area contributed by atoms with Crippen molar-refractivity contribution in [2.75, 3.05) is 0 Å². The number of imidazole rings is 1. The van der Waals surface area contributed by atoms with Crippen LogP contribution >= 0.6 is 0 Å².